The summed E-state index contributed by atoms with van der Waals surface area (Å²) in [5.41, 5.74) is 1.32. The summed E-state index contributed by atoms with van der Waals surface area (Å²) in [5.74, 6) is 0. The molecule has 2 aromatic heterocycles. The van der Waals surface area contributed by atoms with Crippen molar-refractivity contribution >= 4 is 46.4 Å². The molecule has 0 fully saturated rings. The molecule has 0 saturated heterocycles. The number of nitrogens with zero attached hydrogens (tertiary/aromatic N) is 2. The smallest absolute Gasteiger partial charge is 0.255 e. The minimum absolute atomic E-state index is 0.358. The predicted molar refractivity (Wildman–Crippen MR) is 51.8 cm³/mol. The van der Waals surface area contributed by atoms with Crippen LogP contribution in [0.2, 0.25) is 0 Å². The van der Waals surface area contributed by atoms with Crippen LogP contribution in [0.5, 0.6) is 0 Å². The third-order valence-electron chi connectivity index (χ3n) is 1.23. The van der Waals surface area contributed by atoms with Gasteiger partial charge < -0.3 is 4.42 Å². The van der Waals surface area contributed by atoms with E-state index < -0.39 is 0 Å². The number of hydrogen-bond donors (Lipinski definition) is 1. The quantitative estimate of drug-likeness (QED) is 0.592. The molecule has 0 amide bonds. The average Bonchev–Trinajstić information content (AvgIpc) is 2.31. The van der Waals surface area contributed by atoms with E-state index in [1.807, 2.05) is 6.07 Å². The zero-order valence-electron chi connectivity index (χ0n) is 5.28. The Morgan fingerprint density at radius 1 is 1.55 bits per heavy atom. The Labute approximate surface area is 81.8 Å². The van der Waals surface area contributed by atoms with E-state index in [-0.39, 0.29) is 0 Å². The van der Waals surface area contributed by atoms with Crippen molar-refractivity contribution in [1.29, 1.82) is 0 Å². The van der Waals surface area contributed by atoms with E-state index in [1.165, 1.54) is 0 Å². The average molecular weight is 278 g/mol. The lowest BCUT2D eigenvalue weighted by atomic mass is 10.5. The van der Waals surface area contributed by atoms with E-state index in [0.717, 1.165) is 3.57 Å². The van der Waals surface area contributed by atoms with Gasteiger partial charge in [-0.3, -0.25) is 0 Å². The van der Waals surface area contributed by atoms with Gasteiger partial charge in [0.2, 0.25) is 5.65 Å². The SMILES string of the molecule is Sc1nc2nccc(I)c2o1. The number of thiol groups is 1. The molecule has 0 N–H and O–H groups in total. The van der Waals surface area contributed by atoms with Gasteiger partial charge in [0, 0.05) is 6.20 Å². The normalized spacial score (nSPS) is 10.7. The molecule has 0 saturated carbocycles. The first-order chi connectivity index (χ1) is 5.27. The topological polar surface area (TPSA) is 38.9 Å². The van der Waals surface area contributed by atoms with E-state index in [2.05, 4.69) is 45.2 Å². The molecule has 2 heterocycles. The molecule has 0 aromatic carbocycles. The Kier molecular flexibility index (Phi) is 1.76. The summed E-state index contributed by atoms with van der Waals surface area (Å²) in [5, 5.41) is 0.358. The third-order valence-corrected chi connectivity index (χ3v) is 2.27. The first-order valence-electron chi connectivity index (χ1n) is 2.87. The van der Waals surface area contributed by atoms with E-state index >= 15 is 0 Å². The molecule has 2 rings (SSSR count). The summed E-state index contributed by atoms with van der Waals surface area (Å²) in [6.07, 6.45) is 1.69. The lowest BCUT2D eigenvalue weighted by molar-refractivity contribution is 0.490. The predicted octanol–water partition coefficient (Wildman–Crippen LogP) is 2.12. The fraction of sp³-hybridized carbons (Fsp3) is 0. The van der Waals surface area contributed by atoms with Gasteiger partial charge >= 0.3 is 0 Å². The molecule has 0 unspecified atom stereocenters. The van der Waals surface area contributed by atoms with Crippen LogP contribution in [-0.2, 0) is 0 Å². The minimum Gasteiger partial charge on any atom is -0.429 e. The Hall–Kier alpha value is -0.300. The van der Waals surface area contributed by atoms with Crippen LogP contribution in [0.4, 0.5) is 0 Å². The van der Waals surface area contributed by atoms with Crippen LogP contribution in [0.3, 0.4) is 0 Å². The molecule has 0 radical (unpaired) electrons. The van der Waals surface area contributed by atoms with Gasteiger partial charge in [0.05, 0.1) is 3.57 Å². The second-order valence-corrected chi connectivity index (χ2v) is 3.49. The van der Waals surface area contributed by atoms with Crippen molar-refractivity contribution in [2.45, 2.75) is 5.22 Å². The Balaban J connectivity index is 2.90. The molecule has 2 aromatic rings. The molecule has 11 heavy (non-hydrogen) atoms. The minimum atomic E-state index is 0.358. The van der Waals surface area contributed by atoms with E-state index in [4.69, 9.17) is 4.42 Å². The summed E-state index contributed by atoms with van der Waals surface area (Å²) in [6, 6.07) is 1.86. The van der Waals surface area contributed by atoms with Gasteiger partial charge in [-0.05, 0) is 28.7 Å². The lowest BCUT2D eigenvalue weighted by Gasteiger charge is -1.86. The molecule has 0 aliphatic rings. The van der Waals surface area contributed by atoms with Crippen LogP contribution in [0.15, 0.2) is 21.9 Å². The second kappa shape index (κ2) is 2.63. The molecular weight excluding hydrogens is 275 g/mol. The van der Waals surface area contributed by atoms with Crippen LogP contribution in [0.25, 0.3) is 11.2 Å². The highest BCUT2D eigenvalue weighted by Gasteiger charge is 2.05. The molecule has 3 nitrogen and oxygen atoms in total. The van der Waals surface area contributed by atoms with E-state index in [9.17, 15) is 0 Å². The highest BCUT2D eigenvalue weighted by atomic mass is 127. The van der Waals surface area contributed by atoms with Crippen molar-refractivity contribution in [3.63, 3.8) is 0 Å². The van der Waals surface area contributed by atoms with Crippen molar-refractivity contribution in [3.8, 4) is 0 Å². The van der Waals surface area contributed by atoms with Crippen molar-refractivity contribution in [2.75, 3.05) is 0 Å². The number of oxazole rings is 1. The highest BCUT2D eigenvalue weighted by Crippen LogP contribution is 2.20. The number of rotatable bonds is 0. The van der Waals surface area contributed by atoms with Crippen molar-refractivity contribution < 1.29 is 4.42 Å². The van der Waals surface area contributed by atoms with E-state index in [1.54, 1.807) is 6.20 Å². The fourth-order valence-corrected chi connectivity index (χ4v) is 1.49. The van der Waals surface area contributed by atoms with Crippen LogP contribution in [0, 0.1) is 3.57 Å². The maximum absolute atomic E-state index is 5.18. The molecule has 0 atom stereocenters. The maximum Gasteiger partial charge on any atom is 0.255 e. The summed E-state index contributed by atoms with van der Waals surface area (Å²) in [6.45, 7) is 0. The Morgan fingerprint density at radius 3 is 3.09 bits per heavy atom. The first kappa shape index (κ1) is 7.35. The summed E-state index contributed by atoms with van der Waals surface area (Å²) < 4.78 is 6.18. The molecular formula is C6H3IN2OS. The zero-order chi connectivity index (χ0) is 7.84. The van der Waals surface area contributed by atoms with Gasteiger partial charge in [-0.1, -0.05) is 12.6 Å². The third kappa shape index (κ3) is 1.22. The van der Waals surface area contributed by atoms with Gasteiger partial charge in [-0.15, -0.1) is 0 Å². The molecule has 0 bridgehead atoms. The van der Waals surface area contributed by atoms with Crippen LogP contribution in [-0.4, -0.2) is 9.97 Å². The summed E-state index contributed by atoms with van der Waals surface area (Å²) >= 11 is 6.13. The largest absolute Gasteiger partial charge is 0.429 e. The van der Waals surface area contributed by atoms with Crippen LogP contribution < -0.4 is 0 Å². The number of aromatic nitrogens is 2. The number of hydrogen-bond acceptors (Lipinski definition) is 4. The summed E-state index contributed by atoms with van der Waals surface area (Å²) in [4.78, 5) is 7.96. The number of halogens is 1. The maximum atomic E-state index is 5.18. The molecule has 0 spiro atoms. The highest BCUT2D eigenvalue weighted by molar-refractivity contribution is 14.1. The Morgan fingerprint density at radius 2 is 2.36 bits per heavy atom. The van der Waals surface area contributed by atoms with Gasteiger partial charge in [0.25, 0.3) is 5.22 Å². The molecule has 0 aliphatic carbocycles. The van der Waals surface area contributed by atoms with Crippen LogP contribution in [0.1, 0.15) is 0 Å². The molecule has 5 heteroatoms. The zero-order valence-corrected chi connectivity index (χ0v) is 8.33. The first-order valence-corrected chi connectivity index (χ1v) is 4.40. The van der Waals surface area contributed by atoms with Crippen molar-refractivity contribution in [3.05, 3.63) is 15.8 Å². The van der Waals surface area contributed by atoms with Crippen molar-refractivity contribution in [1.82, 2.24) is 9.97 Å². The molecule has 0 aliphatic heterocycles. The lowest BCUT2D eigenvalue weighted by Crippen LogP contribution is -1.76. The number of fused-ring (bicyclic) bond motifs is 1. The second-order valence-electron chi connectivity index (χ2n) is 1.94. The van der Waals surface area contributed by atoms with E-state index in [0.29, 0.717) is 16.5 Å². The summed E-state index contributed by atoms with van der Waals surface area (Å²) in [7, 11) is 0. The van der Waals surface area contributed by atoms with Gasteiger partial charge in [0.15, 0.2) is 5.58 Å². The van der Waals surface area contributed by atoms with Gasteiger partial charge in [-0.25, -0.2) is 4.98 Å². The standard InChI is InChI=1S/C6H3IN2OS/c7-3-1-2-8-5-4(3)10-6(11)9-5/h1-2H,(H,8,9,11). The fourth-order valence-electron chi connectivity index (χ4n) is 0.793. The van der Waals surface area contributed by atoms with Crippen molar-refractivity contribution in [2.24, 2.45) is 0 Å². The Bertz CT molecular complexity index is 400. The number of pyridine rings is 1. The van der Waals surface area contributed by atoms with Gasteiger partial charge in [0.1, 0.15) is 0 Å². The molecule has 56 valence electrons. The van der Waals surface area contributed by atoms with Crippen LogP contribution >= 0.6 is 35.2 Å². The van der Waals surface area contributed by atoms with Gasteiger partial charge in [-0.2, -0.15) is 4.98 Å². The monoisotopic (exact) mass is 278 g/mol.